The van der Waals surface area contributed by atoms with Gasteiger partial charge in [0.05, 0.1) is 6.10 Å². The third kappa shape index (κ3) is 4.56. The van der Waals surface area contributed by atoms with E-state index in [1.807, 2.05) is 0 Å². The zero-order valence-corrected chi connectivity index (χ0v) is 11.3. The molecule has 1 unspecified atom stereocenters. The lowest BCUT2D eigenvalue weighted by molar-refractivity contribution is 0.158. The maximum Gasteiger partial charge on any atom is 0.123 e. The highest BCUT2D eigenvalue weighted by Crippen LogP contribution is 2.19. The Balaban J connectivity index is 0.00000162. The SMILES string of the molecule is Cl.OC(CCCN1CCCC1)c1ccc(F)cc1. The second-order valence-electron chi connectivity index (χ2n) is 4.76. The third-order valence-corrected chi connectivity index (χ3v) is 3.41. The number of hydrogen-bond donors (Lipinski definition) is 1. The molecular weight excluding hydrogens is 253 g/mol. The summed E-state index contributed by atoms with van der Waals surface area (Å²) in [6.07, 6.45) is 3.90. The summed E-state index contributed by atoms with van der Waals surface area (Å²) in [5.41, 5.74) is 0.813. The Bertz CT molecular complexity index is 338. The minimum Gasteiger partial charge on any atom is -0.388 e. The summed E-state index contributed by atoms with van der Waals surface area (Å²) in [4.78, 5) is 2.44. The minimum atomic E-state index is -0.460. The molecule has 1 aromatic carbocycles. The Morgan fingerprint density at radius 2 is 1.78 bits per heavy atom. The summed E-state index contributed by atoms with van der Waals surface area (Å²) in [5.74, 6) is -0.252. The van der Waals surface area contributed by atoms with Crippen molar-refractivity contribution in [2.45, 2.75) is 31.8 Å². The molecule has 0 saturated carbocycles. The molecular formula is C14H21ClFNO. The zero-order valence-electron chi connectivity index (χ0n) is 10.5. The highest BCUT2D eigenvalue weighted by molar-refractivity contribution is 5.85. The van der Waals surface area contributed by atoms with Crippen molar-refractivity contribution in [3.8, 4) is 0 Å². The van der Waals surface area contributed by atoms with Gasteiger partial charge in [0.2, 0.25) is 0 Å². The first-order valence-corrected chi connectivity index (χ1v) is 6.41. The molecule has 1 atom stereocenters. The van der Waals surface area contributed by atoms with Crippen molar-refractivity contribution in [1.82, 2.24) is 4.90 Å². The smallest absolute Gasteiger partial charge is 0.123 e. The quantitative estimate of drug-likeness (QED) is 0.891. The van der Waals surface area contributed by atoms with Crippen LogP contribution in [0.1, 0.15) is 37.4 Å². The molecule has 1 heterocycles. The van der Waals surface area contributed by atoms with Crippen LogP contribution in [-0.4, -0.2) is 29.6 Å². The Kier molecular flexibility index (Phi) is 6.61. The molecule has 0 radical (unpaired) electrons. The van der Waals surface area contributed by atoms with Crippen molar-refractivity contribution in [2.75, 3.05) is 19.6 Å². The van der Waals surface area contributed by atoms with E-state index in [1.165, 1.54) is 38.1 Å². The van der Waals surface area contributed by atoms with Crippen LogP contribution in [0.5, 0.6) is 0 Å². The van der Waals surface area contributed by atoms with E-state index in [4.69, 9.17) is 0 Å². The topological polar surface area (TPSA) is 23.5 Å². The Morgan fingerprint density at radius 1 is 1.17 bits per heavy atom. The molecule has 1 fully saturated rings. The number of rotatable bonds is 5. The molecule has 1 saturated heterocycles. The lowest BCUT2D eigenvalue weighted by atomic mass is 10.0. The molecule has 1 aliphatic heterocycles. The molecule has 0 bridgehead atoms. The summed E-state index contributed by atoms with van der Waals surface area (Å²) < 4.78 is 12.7. The van der Waals surface area contributed by atoms with Gasteiger partial charge in [-0.15, -0.1) is 12.4 Å². The molecule has 1 N–H and O–H groups in total. The summed E-state index contributed by atoms with van der Waals surface area (Å²) in [5, 5.41) is 9.94. The number of hydrogen-bond acceptors (Lipinski definition) is 2. The van der Waals surface area contributed by atoms with E-state index in [9.17, 15) is 9.50 Å². The van der Waals surface area contributed by atoms with Gasteiger partial charge in [-0.25, -0.2) is 4.39 Å². The third-order valence-electron chi connectivity index (χ3n) is 3.41. The average molecular weight is 274 g/mol. The van der Waals surface area contributed by atoms with Crippen molar-refractivity contribution >= 4 is 12.4 Å². The number of benzene rings is 1. The lowest BCUT2D eigenvalue weighted by Crippen LogP contribution is -2.20. The molecule has 1 aliphatic rings. The maximum atomic E-state index is 12.7. The fraction of sp³-hybridized carbons (Fsp3) is 0.571. The van der Waals surface area contributed by atoms with E-state index >= 15 is 0 Å². The van der Waals surface area contributed by atoms with Gasteiger partial charge in [0, 0.05) is 0 Å². The van der Waals surface area contributed by atoms with E-state index in [2.05, 4.69) is 4.90 Å². The Hall–Kier alpha value is -0.640. The van der Waals surface area contributed by atoms with Gasteiger partial charge in [-0.05, 0) is 63.0 Å². The molecule has 102 valence electrons. The van der Waals surface area contributed by atoms with Crippen molar-refractivity contribution < 1.29 is 9.50 Å². The fourth-order valence-corrected chi connectivity index (χ4v) is 2.37. The Morgan fingerprint density at radius 3 is 2.39 bits per heavy atom. The molecule has 0 aromatic heterocycles. The molecule has 0 spiro atoms. The molecule has 18 heavy (non-hydrogen) atoms. The first-order chi connectivity index (χ1) is 8.25. The van der Waals surface area contributed by atoms with Crippen LogP contribution in [0.15, 0.2) is 24.3 Å². The van der Waals surface area contributed by atoms with Crippen LogP contribution in [0.4, 0.5) is 4.39 Å². The largest absolute Gasteiger partial charge is 0.388 e. The van der Waals surface area contributed by atoms with Crippen LogP contribution in [0.25, 0.3) is 0 Å². The van der Waals surface area contributed by atoms with Crippen LogP contribution >= 0.6 is 12.4 Å². The van der Waals surface area contributed by atoms with Gasteiger partial charge in [-0.3, -0.25) is 0 Å². The van der Waals surface area contributed by atoms with Crippen LogP contribution in [0.2, 0.25) is 0 Å². The van der Waals surface area contributed by atoms with Gasteiger partial charge in [0.1, 0.15) is 5.82 Å². The van der Waals surface area contributed by atoms with E-state index < -0.39 is 6.10 Å². The predicted octanol–water partition coefficient (Wildman–Crippen LogP) is 3.16. The second kappa shape index (κ2) is 7.72. The van der Waals surface area contributed by atoms with Gasteiger partial charge in [0.25, 0.3) is 0 Å². The van der Waals surface area contributed by atoms with Crippen molar-refractivity contribution in [1.29, 1.82) is 0 Å². The van der Waals surface area contributed by atoms with Gasteiger partial charge in [-0.2, -0.15) is 0 Å². The average Bonchev–Trinajstić information content (AvgIpc) is 2.83. The molecule has 2 nitrogen and oxygen atoms in total. The molecule has 2 rings (SSSR count). The van der Waals surface area contributed by atoms with Crippen LogP contribution in [0.3, 0.4) is 0 Å². The molecule has 1 aromatic rings. The number of halogens is 2. The summed E-state index contributed by atoms with van der Waals surface area (Å²) in [6, 6.07) is 6.13. The lowest BCUT2D eigenvalue weighted by Gasteiger charge is -2.16. The summed E-state index contributed by atoms with van der Waals surface area (Å²) in [7, 11) is 0. The summed E-state index contributed by atoms with van der Waals surface area (Å²) >= 11 is 0. The maximum absolute atomic E-state index is 12.7. The van der Waals surface area contributed by atoms with Crippen molar-refractivity contribution in [2.24, 2.45) is 0 Å². The van der Waals surface area contributed by atoms with E-state index in [0.717, 1.165) is 24.9 Å². The van der Waals surface area contributed by atoms with Crippen molar-refractivity contribution in [3.05, 3.63) is 35.6 Å². The van der Waals surface area contributed by atoms with E-state index in [0.29, 0.717) is 0 Å². The normalized spacial score (nSPS) is 17.4. The van der Waals surface area contributed by atoms with Crippen LogP contribution in [-0.2, 0) is 0 Å². The first kappa shape index (κ1) is 15.4. The molecule has 0 amide bonds. The van der Waals surface area contributed by atoms with Gasteiger partial charge >= 0.3 is 0 Å². The monoisotopic (exact) mass is 273 g/mol. The Labute approximate surface area is 114 Å². The number of likely N-dealkylation sites (tertiary alicyclic amines) is 1. The predicted molar refractivity (Wildman–Crippen MR) is 73.5 cm³/mol. The van der Waals surface area contributed by atoms with Crippen molar-refractivity contribution in [3.63, 3.8) is 0 Å². The zero-order chi connectivity index (χ0) is 12.1. The molecule has 4 heteroatoms. The second-order valence-corrected chi connectivity index (χ2v) is 4.76. The van der Waals surface area contributed by atoms with E-state index in [1.54, 1.807) is 12.1 Å². The fourth-order valence-electron chi connectivity index (χ4n) is 2.37. The van der Waals surface area contributed by atoms with Crippen LogP contribution < -0.4 is 0 Å². The number of aliphatic hydroxyl groups excluding tert-OH is 1. The number of nitrogens with zero attached hydrogens (tertiary/aromatic N) is 1. The summed E-state index contributed by atoms with van der Waals surface area (Å²) in [6.45, 7) is 3.47. The van der Waals surface area contributed by atoms with Gasteiger partial charge in [-0.1, -0.05) is 12.1 Å². The first-order valence-electron chi connectivity index (χ1n) is 6.41. The highest BCUT2D eigenvalue weighted by atomic mass is 35.5. The minimum absolute atomic E-state index is 0. The van der Waals surface area contributed by atoms with Gasteiger partial charge in [0.15, 0.2) is 0 Å². The van der Waals surface area contributed by atoms with Gasteiger partial charge < -0.3 is 10.0 Å². The standard InChI is InChI=1S/C14H20FNO.ClH/c15-13-7-5-12(6-8-13)14(17)4-3-11-16-9-1-2-10-16;/h5-8,14,17H,1-4,9-11H2;1H. The highest BCUT2D eigenvalue weighted by Gasteiger charge is 2.12. The van der Waals surface area contributed by atoms with E-state index in [-0.39, 0.29) is 18.2 Å². The van der Waals surface area contributed by atoms with Crippen LogP contribution in [0, 0.1) is 5.82 Å². The number of aliphatic hydroxyl groups is 1. The molecule has 0 aliphatic carbocycles.